The lowest BCUT2D eigenvalue weighted by Gasteiger charge is -2.11. The molecule has 0 spiro atoms. The Bertz CT molecular complexity index is 912. The molecular weight excluding hydrogens is 324 g/mol. The van der Waals surface area contributed by atoms with E-state index in [0.29, 0.717) is 6.61 Å². The molecule has 0 bridgehead atoms. The minimum atomic E-state index is -0.0360. The van der Waals surface area contributed by atoms with E-state index in [1.54, 1.807) is 0 Å². The van der Waals surface area contributed by atoms with Crippen LogP contribution in [0, 0.1) is 27.7 Å². The fourth-order valence-electron chi connectivity index (χ4n) is 3.22. The van der Waals surface area contributed by atoms with Gasteiger partial charge in [-0.3, -0.25) is 0 Å². The molecular formula is C22H28N2O2. The van der Waals surface area contributed by atoms with Gasteiger partial charge in [-0.25, -0.2) is 4.98 Å². The Hall–Kier alpha value is -2.33. The normalized spacial score (nSPS) is 11.3. The van der Waals surface area contributed by atoms with Crippen molar-refractivity contribution < 1.29 is 9.84 Å². The molecule has 0 atom stereocenters. The Kier molecular flexibility index (Phi) is 5.62. The van der Waals surface area contributed by atoms with Gasteiger partial charge in [-0.15, -0.1) is 0 Å². The summed E-state index contributed by atoms with van der Waals surface area (Å²) in [4.78, 5) is 4.58. The molecule has 0 aliphatic carbocycles. The summed E-state index contributed by atoms with van der Waals surface area (Å²) in [6, 6.07) is 10.6. The summed E-state index contributed by atoms with van der Waals surface area (Å²) in [5, 5.41) is 9.66. The number of aryl methyl sites for hydroxylation is 5. The number of unbranched alkanes of at least 4 members (excludes halogenated alkanes) is 1. The van der Waals surface area contributed by atoms with E-state index >= 15 is 0 Å². The highest BCUT2D eigenvalue weighted by Crippen LogP contribution is 2.22. The minimum Gasteiger partial charge on any atom is -0.493 e. The van der Waals surface area contributed by atoms with Crippen LogP contribution in [-0.2, 0) is 13.2 Å². The third-order valence-corrected chi connectivity index (χ3v) is 4.96. The lowest BCUT2D eigenvalue weighted by Crippen LogP contribution is -2.06. The zero-order chi connectivity index (χ0) is 18.7. The number of nitrogens with zero attached hydrogens (tertiary/aromatic N) is 2. The van der Waals surface area contributed by atoms with Crippen LogP contribution in [0.1, 0.15) is 40.9 Å². The van der Waals surface area contributed by atoms with Crippen LogP contribution in [-0.4, -0.2) is 21.3 Å². The molecule has 0 aliphatic heterocycles. The zero-order valence-corrected chi connectivity index (χ0v) is 16.2. The first kappa shape index (κ1) is 18.5. The van der Waals surface area contributed by atoms with Crippen molar-refractivity contribution in [3.63, 3.8) is 0 Å². The van der Waals surface area contributed by atoms with Crippen LogP contribution in [0.3, 0.4) is 0 Å². The molecule has 0 saturated heterocycles. The van der Waals surface area contributed by atoms with Crippen molar-refractivity contribution in [2.45, 2.75) is 53.7 Å². The Labute approximate surface area is 155 Å². The second kappa shape index (κ2) is 7.92. The zero-order valence-electron chi connectivity index (χ0n) is 16.2. The number of benzene rings is 2. The first-order valence-corrected chi connectivity index (χ1v) is 9.27. The minimum absolute atomic E-state index is 0.0360. The van der Waals surface area contributed by atoms with Gasteiger partial charge in [-0.2, -0.15) is 0 Å². The molecule has 1 heterocycles. The number of ether oxygens (including phenoxy) is 1. The Morgan fingerprint density at radius 1 is 0.962 bits per heavy atom. The molecule has 3 aromatic rings. The molecule has 0 aliphatic rings. The van der Waals surface area contributed by atoms with Crippen LogP contribution >= 0.6 is 0 Å². The quantitative estimate of drug-likeness (QED) is 0.631. The van der Waals surface area contributed by atoms with Gasteiger partial charge in [0.05, 0.1) is 17.6 Å². The van der Waals surface area contributed by atoms with Gasteiger partial charge in [-0.05, 0) is 81.0 Å². The van der Waals surface area contributed by atoms with E-state index in [2.05, 4.69) is 67.6 Å². The fraction of sp³-hybridized carbons (Fsp3) is 0.409. The summed E-state index contributed by atoms with van der Waals surface area (Å²) >= 11 is 0. The summed E-state index contributed by atoms with van der Waals surface area (Å²) in [6.07, 6.45) is 1.94. The first-order chi connectivity index (χ1) is 12.5. The lowest BCUT2D eigenvalue weighted by molar-refractivity contribution is 0.263. The van der Waals surface area contributed by atoms with Gasteiger partial charge in [-0.1, -0.05) is 12.1 Å². The molecule has 3 rings (SSSR count). The highest BCUT2D eigenvalue weighted by molar-refractivity contribution is 5.78. The van der Waals surface area contributed by atoms with Crippen LogP contribution < -0.4 is 4.74 Å². The van der Waals surface area contributed by atoms with Crippen molar-refractivity contribution in [1.82, 2.24) is 9.55 Å². The summed E-state index contributed by atoms with van der Waals surface area (Å²) in [5.74, 6) is 1.71. The van der Waals surface area contributed by atoms with Crippen LogP contribution in [0.4, 0.5) is 0 Å². The first-order valence-electron chi connectivity index (χ1n) is 9.27. The van der Waals surface area contributed by atoms with E-state index in [4.69, 9.17) is 4.74 Å². The molecule has 4 nitrogen and oxygen atoms in total. The monoisotopic (exact) mass is 352 g/mol. The van der Waals surface area contributed by atoms with E-state index in [9.17, 15) is 5.11 Å². The highest BCUT2D eigenvalue weighted by Gasteiger charge is 2.11. The summed E-state index contributed by atoms with van der Waals surface area (Å²) < 4.78 is 8.08. The van der Waals surface area contributed by atoms with Crippen molar-refractivity contribution in [3.8, 4) is 5.75 Å². The maximum Gasteiger partial charge on any atom is 0.135 e. The largest absolute Gasteiger partial charge is 0.493 e. The standard InChI is InChI=1S/C22H28N2O2/c1-15-7-8-16(2)21(11-15)26-10-6-5-9-24-20-13-18(4)17(3)12-19(20)23-22(24)14-25/h7-8,11-13,25H,5-6,9-10,14H2,1-4H3. The van der Waals surface area contributed by atoms with Crippen molar-refractivity contribution in [3.05, 3.63) is 58.4 Å². The Morgan fingerprint density at radius 3 is 2.50 bits per heavy atom. The van der Waals surface area contributed by atoms with Gasteiger partial charge < -0.3 is 14.4 Å². The Morgan fingerprint density at radius 2 is 1.73 bits per heavy atom. The van der Waals surface area contributed by atoms with Gasteiger partial charge in [0.2, 0.25) is 0 Å². The maximum atomic E-state index is 9.66. The molecule has 1 aromatic heterocycles. The molecule has 0 amide bonds. The predicted molar refractivity (Wildman–Crippen MR) is 106 cm³/mol. The van der Waals surface area contributed by atoms with Gasteiger partial charge >= 0.3 is 0 Å². The number of rotatable bonds is 7. The average molecular weight is 352 g/mol. The average Bonchev–Trinajstić information content (AvgIpc) is 2.94. The van der Waals surface area contributed by atoms with E-state index in [1.165, 1.54) is 22.3 Å². The van der Waals surface area contributed by atoms with Crippen LogP contribution in [0.25, 0.3) is 11.0 Å². The number of fused-ring (bicyclic) bond motifs is 1. The third-order valence-electron chi connectivity index (χ3n) is 4.96. The van der Waals surface area contributed by atoms with Gasteiger partial charge in [0.15, 0.2) is 0 Å². The van der Waals surface area contributed by atoms with Gasteiger partial charge in [0.25, 0.3) is 0 Å². The summed E-state index contributed by atoms with van der Waals surface area (Å²) in [7, 11) is 0. The third kappa shape index (κ3) is 3.91. The van der Waals surface area contributed by atoms with E-state index < -0.39 is 0 Å². The molecule has 0 fully saturated rings. The smallest absolute Gasteiger partial charge is 0.135 e. The number of hydrogen-bond acceptors (Lipinski definition) is 3. The molecule has 0 radical (unpaired) electrons. The molecule has 0 unspecified atom stereocenters. The molecule has 4 heteroatoms. The van der Waals surface area contributed by atoms with Crippen molar-refractivity contribution >= 4 is 11.0 Å². The van der Waals surface area contributed by atoms with Crippen molar-refractivity contribution in [1.29, 1.82) is 0 Å². The summed E-state index contributed by atoms with van der Waals surface area (Å²) in [6.45, 7) is 9.86. The number of aromatic nitrogens is 2. The van der Waals surface area contributed by atoms with Crippen molar-refractivity contribution in [2.75, 3.05) is 6.61 Å². The number of imidazole rings is 1. The lowest BCUT2D eigenvalue weighted by atomic mass is 10.1. The number of hydrogen-bond donors (Lipinski definition) is 1. The number of aliphatic hydroxyl groups excluding tert-OH is 1. The van der Waals surface area contributed by atoms with Crippen molar-refractivity contribution in [2.24, 2.45) is 0 Å². The molecule has 0 saturated carbocycles. The molecule has 138 valence electrons. The van der Waals surface area contributed by atoms with Crippen LogP contribution in [0.5, 0.6) is 5.75 Å². The Balaban J connectivity index is 1.63. The second-order valence-electron chi connectivity index (χ2n) is 7.09. The van der Waals surface area contributed by atoms with E-state index in [0.717, 1.165) is 42.0 Å². The van der Waals surface area contributed by atoms with Gasteiger partial charge in [0, 0.05) is 6.54 Å². The predicted octanol–water partition coefficient (Wildman–Crippen LogP) is 4.62. The SMILES string of the molecule is Cc1ccc(C)c(OCCCCn2c(CO)nc3cc(C)c(C)cc32)c1. The molecule has 26 heavy (non-hydrogen) atoms. The highest BCUT2D eigenvalue weighted by atomic mass is 16.5. The van der Waals surface area contributed by atoms with Crippen LogP contribution in [0.2, 0.25) is 0 Å². The maximum absolute atomic E-state index is 9.66. The van der Waals surface area contributed by atoms with Gasteiger partial charge in [0.1, 0.15) is 18.2 Å². The van der Waals surface area contributed by atoms with Crippen LogP contribution in [0.15, 0.2) is 30.3 Å². The fourth-order valence-corrected chi connectivity index (χ4v) is 3.22. The topological polar surface area (TPSA) is 47.3 Å². The summed E-state index contributed by atoms with van der Waals surface area (Å²) in [5.41, 5.74) is 6.93. The molecule has 1 N–H and O–H groups in total. The van der Waals surface area contributed by atoms with E-state index in [1.807, 2.05) is 0 Å². The number of aliphatic hydroxyl groups is 1. The second-order valence-corrected chi connectivity index (χ2v) is 7.09. The molecule has 2 aromatic carbocycles. The van der Waals surface area contributed by atoms with E-state index in [-0.39, 0.29) is 6.61 Å².